The monoisotopic (exact) mass is 241 g/mol. The minimum absolute atomic E-state index is 0.0486. The zero-order chi connectivity index (χ0) is 12.8. The van der Waals surface area contributed by atoms with Crippen molar-refractivity contribution in [2.75, 3.05) is 0 Å². The number of aromatic nitrogens is 2. The molecule has 3 N–H and O–H groups in total. The van der Waals surface area contributed by atoms with Crippen LogP contribution in [0.4, 0.5) is 0 Å². The van der Waals surface area contributed by atoms with E-state index in [0.717, 1.165) is 29.8 Å². The summed E-state index contributed by atoms with van der Waals surface area (Å²) in [6.45, 7) is 4.39. The number of hydrogen-bond acceptors (Lipinski definition) is 2. The lowest BCUT2D eigenvalue weighted by atomic mass is 9.79. The van der Waals surface area contributed by atoms with Crippen LogP contribution in [0, 0.1) is 0 Å². The van der Waals surface area contributed by atoms with E-state index < -0.39 is 0 Å². The fourth-order valence-corrected chi connectivity index (χ4v) is 2.43. The predicted molar refractivity (Wildman–Crippen MR) is 73.2 cm³/mol. The second-order valence-electron chi connectivity index (χ2n) is 5.81. The lowest BCUT2D eigenvalue weighted by Crippen LogP contribution is -2.43. The number of nitrogens with one attached hydrogen (secondary N) is 1. The summed E-state index contributed by atoms with van der Waals surface area (Å²) >= 11 is 0. The maximum atomic E-state index is 6.36. The first-order valence-electron chi connectivity index (χ1n) is 6.43. The molecule has 0 saturated heterocycles. The highest BCUT2D eigenvalue weighted by Gasteiger charge is 2.52. The summed E-state index contributed by atoms with van der Waals surface area (Å²) in [4.78, 5) is 0. The van der Waals surface area contributed by atoms with Gasteiger partial charge in [0.15, 0.2) is 0 Å². The van der Waals surface area contributed by atoms with Crippen LogP contribution in [0.15, 0.2) is 36.4 Å². The van der Waals surface area contributed by atoms with Crippen molar-refractivity contribution in [3.63, 3.8) is 0 Å². The Labute approximate surface area is 107 Å². The summed E-state index contributed by atoms with van der Waals surface area (Å²) in [6, 6.07) is 12.3. The Balaban J connectivity index is 1.95. The number of rotatable bonds is 3. The van der Waals surface area contributed by atoms with Gasteiger partial charge >= 0.3 is 0 Å². The molecule has 2 aromatic rings. The summed E-state index contributed by atoms with van der Waals surface area (Å²) < 4.78 is 0. The topological polar surface area (TPSA) is 54.7 Å². The molecular weight excluding hydrogens is 222 g/mol. The molecule has 0 spiro atoms. The molecule has 0 bridgehead atoms. The second-order valence-corrected chi connectivity index (χ2v) is 5.81. The van der Waals surface area contributed by atoms with Crippen molar-refractivity contribution in [1.29, 1.82) is 0 Å². The molecule has 3 nitrogen and oxygen atoms in total. The van der Waals surface area contributed by atoms with Gasteiger partial charge in [0.05, 0.1) is 5.69 Å². The molecule has 3 heteroatoms. The smallest absolute Gasteiger partial charge is 0.0923 e. The van der Waals surface area contributed by atoms with E-state index >= 15 is 0 Å². The van der Waals surface area contributed by atoms with Crippen molar-refractivity contribution in [1.82, 2.24) is 10.2 Å². The Kier molecular flexibility index (Phi) is 2.35. The van der Waals surface area contributed by atoms with Crippen molar-refractivity contribution < 1.29 is 0 Å². The van der Waals surface area contributed by atoms with E-state index in [4.69, 9.17) is 5.73 Å². The van der Waals surface area contributed by atoms with E-state index in [-0.39, 0.29) is 11.0 Å². The first kappa shape index (κ1) is 11.5. The molecule has 1 fully saturated rings. The van der Waals surface area contributed by atoms with Gasteiger partial charge in [0, 0.05) is 22.2 Å². The number of H-pyrrole nitrogens is 1. The minimum atomic E-state index is -0.0620. The summed E-state index contributed by atoms with van der Waals surface area (Å²) in [6.07, 6.45) is 2.19. The van der Waals surface area contributed by atoms with E-state index in [1.807, 2.05) is 18.2 Å². The molecular formula is C15H19N3. The first-order chi connectivity index (χ1) is 8.53. The zero-order valence-electron chi connectivity index (χ0n) is 10.9. The van der Waals surface area contributed by atoms with Crippen LogP contribution >= 0.6 is 0 Å². The van der Waals surface area contributed by atoms with Crippen LogP contribution in [0.3, 0.4) is 0 Å². The third-order valence-electron chi connectivity index (χ3n) is 4.35. The van der Waals surface area contributed by atoms with Gasteiger partial charge in [-0.2, -0.15) is 5.10 Å². The molecule has 0 aliphatic heterocycles. The maximum Gasteiger partial charge on any atom is 0.0923 e. The standard InChI is InChI=1S/C15H19N3/c1-14(2,15(16)8-9-15)13-10-12(17-18-13)11-6-4-3-5-7-11/h3-7,10H,8-9,16H2,1-2H3,(H,17,18). The molecule has 0 radical (unpaired) electrons. The molecule has 1 aliphatic rings. The largest absolute Gasteiger partial charge is 0.324 e. The lowest BCUT2D eigenvalue weighted by molar-refractivity contribution is 0.380. The molecule has 0 amide bonds. The molecule has 1 heterocycles. The lowest BCUT2D eigenvalue weighted by Gasteiger charge is -2.30. The van der Waals surface area contributed by atoms with Crippen molar-refractivity contribution in [2.45, 2.75) is 37.6 Å². The quantitative estimate of drug-likeness (QED) is 0.868. The molecule has 1 saturated carbocycles. The minimum Gasteiger partial charge on any atom is -0.324 e. The Hall–Kier alpha value is -1.61. The van der Waals surface area contributed by atoms with Gasteiger partial charge in [0.2, 0.25) is 0 Å². The zero-order valence-corrected chi connectivity index (χ0v) is 10.9. The first-order valence-corrected chi connectivity index (χ1v) is 6.43. The SMILES string of the molecule is CC(C)(c1cc(-c2ccccc2)n[nH]1)C1(N)CC1. The maximum absolute atomic E-state index is 6.36. The number of benzene rings is 1. The van der Waals surface area contributed by atoms with Gasteiger partial charge in [0.1, 0.15) is 0 Å². The summed E-state index contributed by atoms with van der Waals surface area (Å²) in [5, 5.41) is 7.57. The predicted octanol–water partition coefficient (Wildman–Crippen LogP) is 2.85. The fourth-order valence-electron chi connectivity index (χ4n) is 2.43. The molecule has 1 aromatic carbocycles. The fraction of sp³-hybridized carbons (Fsp3) is 0.400. The third-order valence-corrected chi connectivity index (χ3v) is 4.35. The van der Waals surface area contributed by atoms with Gasteiger partial charge in [-0.1, -0.05) is 44.2 Å². The molecule has 1 aromatic heterocycles. The summed E-state index contributed by atoms with van der Waals surface area (Å²) in [5.74, 6) is 0. The molecule has 3 rings (SSSR count). The van der Waals surface area contributed by atoms with Gasteiger partial charge in [-0.25, -0.2) is 0 Å². The van der Waals surface area contributed by atoms with Crippen LogP contribution in [-0.4, -0.2) is 15.7 Å². The van der Waals surface area contributed by atoms with Gasteiger partial charge in [0.25, 0.3) is 0 Å². The van der Waals surface area contributed by atoms with E-state index in [2.05, 4.69) is 42.2 Å². The Morgan fingerprint density at radius 2 is 1.89 bits per heavy atom. The average molecular weight is 241 g/mol. The Morgan fingerprint density at radius 1 is 1.22 bits per heavy atom. The van der Waals surface area contributed by atoms with Crippen molar-refractivity contribution in [2.24, 2.45) is 5.73 Å². The van der Waals surface area contributed by atoms with Crippen LogP contribution in [-0.2, 0) is 5.41 Å². The summed E-state index contributed by atoms with van der Waals surface area (Å²) in [7, 11) is 0. The number of nitrogens with two attached hydrogens (primary N) is 1. The van der Waals surface area contributed by atoms with E-state index in [1.165, 1.54) is 0 Å². The molecule has 94 valence electrons. The Bertz CT molecular complexity index is 550. The van der Waals surface area contributed by atoms with E-state index in [0.29, 0.717) is 0 Å². The molecule has 1 aliphatic carbocycles. The van der Waals surface area contributed by atoms with Crippen molar-refractivity contribution in [3.8, 4) is 11.3 Å². The molecule has 18 heavy (non-hydrogen) atoms. The third kappa shape index (κ3) is 1.66. The summed E-state index contributed by atoms with van der Waals surface area (Å²) in [5.41, 5.74) is 9.50. The van der Waals surface area contributed by atoms with Crippen LogP contribution in [0.2, 0.25) is 0 Å². The highest BCUT2D eigenvalue weighted by molar-refractivity contribution is 5.59. The van der Waals surface area contributed by atoms with Gasteiger partial charge in [-0.3, -0.25) is 5.10 Å². The van der Waals surface area contributed by atoms with Crippen LogP contribution in [0.1, 0.15) is 32.4 Å². The van der Waals surface area contributed by atoms with Crippen LogP contribution in [0.5, 0.6) is 0 Å². The van der Waals surface area contributed by atoms with Crippen molar-refractivity contribution in [3.05, 3.63) is 42.1 Å². The number of nitrogens with zero attached hydrogens (tertiary/aromatic N) is 1. The highest BCUT2D eigenvalue weighted by Crippen LogP contribution is 2.48. The highest BCUT2D eigenvalue weighted by atomic mass is 15.1. The number of hydrogen-bond donors (Lipinski definition) is 2. The van der Waals surface area contributed by atoms with Gasteiger partial charge in [-0.15, -0.1) is 0 Å². The van der Waals surface area contributed by atoms with Crippen molar-refractivity contribution >= 4 is 0 Å². The average Bonchev–Trinajstić information content (AvgIpc) is 2.96. The number of aromatic amines is 1. The van der Waals surface area contributed by atoms with Crippen LogP contribution in [0.25, 0.3) is 11.3 Å². The van der Waals surface area contributed by atoms with Gasteiger partial charge in [-0.05, 0) is 18.9 Å². The van der Waals surface area contributed by atoms with Crippen LogP contribution < -0.4 is 5.73 Å². The Morgan fingerprint density at radius 3 is 2.50 bits per heavy atom. The normalized spacial score (nSPS) is 17.7. The van der Waals surface area contributed by atoms with E-state index in [9.17, 15) is 0 Å². The molecule has 0 atom stereocenters. The van der Waals surface area contributed by atoms with E-state index in [1.54, 1.807) is 0 Å². The molecule has 0 unspecified atom stereocenters. The second kappa shape index (κ2) is 3.69. The van der Waals surface area contributed by atoms with Gasteiger partial charge < -0.3 is 5.73 Å².